The molecule has 1 saturated heterocycles. The summed E-state index contributed by atoms with van der Waals surface area (Å²) in [6.07, 6.45) is -0.0534. The van der Waals surface area contributed by atoms with Gasteiger partial charge in [-0.2, -0.15) is 0 Å². The van der Waals surface area contributed by atoms with Crippen LogP contribution < -0.4 is 11.3 Å². The van der Waals surface area contributed by atoms with Crippen LogP contribution in [-0.4, -0.2) is 24.8 Å². The van der Waals surface area contributed by atoms with Gasteiger partial charge in [-0.1, -0.05) is 0 Å². The average Bonchev–Trinajstić information content (AvgIpc) is 2.47. The molecule has 0 aromatic heterocycles. The molecular formula is C6H10N2O4. The van der Waals surface area contributed by atoms with E-state index in [1.54, 1.807) is 5.43 Å². The van der Waals surface area contributed by atoms with Gasteiger partial charge in [0.15, 0.2) is 0 Å². The van der Waals surface area contributed by atoms with E-state index in [0.29, 0.717) is 12.8 Å². The molecule has 0 radical (unpaired) electrons. The van der Waals surface area contributed by atoms with E-state index in [1.165, 1.54) is 0 Å². The number of esters is 1. The molecule has 0 aromatic rings. The highest BCUT2D eigenvalue weighted by Crippen LogP contribution is 2.13. The summed E-state index contributed by atoms with van der Waals surface area (Å²) in [5.41, 5.74) is 1.80. The van der Waals surface area contributed by atoms with E-state index in [1.807, 2.05) is 0 Å². The van der Waals surface area contributed by atoms with Crippen molar-refractivity contribution in [1.29, 1.82) is 0 Å². The lowest BCUT2D eigenvalue weighted by Gasteiger charge is -2.08. The molecule has 1 aliphatic heterocycles. The van der Waals surface area contributed by atoms with Crippen molar-refractivity contribution in [1.82, 2.24) is 5.43 Å². The van der Waals surface area contributed by atoms with Crippen LogP contribution in [0.15, 0.2) is 0 Å². The van der Waals surface area contributed by atoms with Crippen LogP contribution in [0.3, 0.4) is 0 Å². The molecule has 1 atom stereocenters. The Morgan fingerprint density at radius 3 is 3.08 bits per heavy atom. The summed E-state index contributed by atoms with van der Waals surface area (Å²) in [6.45, 7) is 0.0643. The summed E-state index contributed by atoms with van der Waals surface area (Å²) in [6, 6.07) is 0. The van der Waals surface area contributed by atoms with Crippen LogP contribution in [0, 0.1) is 0 Å². The highest BCUT2D eigenvalue weighted by molar-refractivity contribution is 5.71. The molecular weight excluding hydrogens is 164 g/mol. The molecule has 68 valence electrons. The summed E-state index contributed by atoms with van der Waals surface area (Å²) in [4.78, 5) is 21.0. The van der Waals surface area contributed by atoms with E-state index in [0.717, 1.165) is 0 Å². The van der Waals surface area contributed by atoms with Crippen molar-refractivity contribution in [3.8, 4) is 0 Å². The van der Waals surface area contributed by atoms with Gasteiger partial charge in [-0.05, 0) is 6.42 Å². The quantitative estimate of drug-likeness (QED) is 0.250. The number of nitrogens with two attached hydrogens (primary N) is 1. The zero-order valence-electron chi connectivity index (χ0n) is 6.41. The van der Waals surface area contributed by atoms with Crippen molar-refractivity contribution in [2.24, 2.45) is 5.84 Å². The Bertz CT molecular complexity index is 194. The molecule has 0 bridgehead atoms. The molecule has 1 unspecified atom stereocenters. The fourth-order valence-corrected chi connectivity index (χ4v) is 0.910. The second kappa shape index (κ2) is 3.91. The van der Waals surface area contributed by atoms with Crippen LogP contribution in [0.4, 0.5) is 4.79 Å². The number of hydrogen-bond donors (Lipinski definition) is 2. The second-order valence-electron chi connectivity index (χ2n) is 2.39. The van der Waals surface area contributed by atoms with Gasteiger partial charge in [0.2, 0.25) is 0 Å². The maximum absolute atomic E-state index is 10.6. The van der Waals surface area contributed by atoms with E-state index < -0.39 is 6.09 Å². The normalized spacial score (nSPS) is 21.8. The monoisotopic (exact) mass is 174 g/mol. The van der Waals surface area contributed by atoms with Crippen molar-refractivity contribution in [2.75, 3.05) is 6.61 Å². The van der Waals surface area contributed by atoms with Crippen LogP contribution in [0.5, 0.6) is 0 Å². The summed E-state index contributed by atoms with van der Waals surface area (Å²) in [5.74, 6) is 4.50. The first-order chi connectivity index (χ1) is 5.72. The molecule has 0 saturated carbocycles. The summed E-state index contributed by atoms with van der Waals surface area (Å²) >= 11 is 0. The van der Waals surface area contributed by atoms with Crippen molar-refractivity contribution in [3.05, 3.63) is 0 Å². The number of hydrogen-bond acceptors (Lipinski definition) is 5. The molecule has 1 rings (SSSR count). The fraction of sp³-hybridized carbons (Fsp3) is 0.667. The Kier molecular flexibility index (Phi) is 2.87. The molecule has 1 heterocycles. The number of carbonyl (C=O) groups is 2. The van der Waals surface area contributed by atoms with Crippen LogP contribution in [0.2, 0.25) is 0 Å². The predicted octanol–water partition coefficient (Wildman–Crippen LogP) is -0.708. The number of amides is 1. The lowest BCUT2D eigenvalue weighted by molar-refractivity contribution is -0.142. The van der Waals surface area contributed by atoms with Crippen LogP contribution >= 0.6 is 0 Å². The first-order valence-electron chi connectivity index (χ1n) is 3.55. The second-order valence-corrected chi connectivity index (χ2v) is 2.39. The number of hydrazine groups is 1. The van der Waals surface area contributed by atoms with Crippen molar-refractivity contribution in [3.63, 3.8) is 0 Å². The third-order valence-electron chi connectivity index (χ3n) is 1.49. The molecule has 1 aliphatic rings. The van der Waals surface area contributed by atoms with Gasteiger partial charge in [-0.25, -0.2) is 10.6 Å². The number of carbonyl (C=O) groups excluding carboxylic acids is 2. The van der Waals surface area contributed by atoms with Gasteiger partial charge >= 0.3 is 12.1 Å². The minimum Gasteiger partial charge on any atom is -0.459 e. The smallest absolute Gasteiger partial charge is 0.421 e. The first kappa shape index (κ1) is 8.79. The number of rotatable bonds is 2. The van der Waals surface area contributed by atoms with Gasteiger partial charge in [-0.3, -0.25) is 10.2 Å². The summed E-state index contributed by atoms with van der Waals surface area (Å²) in [5, 5.41) is 0. The Labute approximate surface area is 69.0 Å². The van der Waals surface area contributed by atoms with E-state index in [-0.39, 0.29) is 18.7 Å². The molecule has 6 nitrogen and oxygen atoms in total. The lowest BCUT2D eigenvalue weighted by atomic mass is 10.2. The van der Waals surface area contributed by atoms with Gasteiger partial charge < -0.3 is 9.47 Å². The molecule has 12 heavy (non-hydrogen) atoms. The zero-order valence-corrected chi connectivity index (χ0v) is 6.41. The lowest BCUT2D eigenvalue weighted by Crippen LogP contribution is -2.32. The summed E-state index contributed by atoms with van der Waals surface area (Å²) < 4.78 is 9.34. The summed E-state index contributed by atoms with van der Waals surface area (Å²) in [7, 11) is 0. The molecule has 1 amide bonds. The van der Waals surface area contributed by atoms with Gasteiger partial charge in [-0.15, -0.1) is 0 Å². The van der Waals surface area contributed by atoms with Crippen LogP contribution in [0.25, 0.3) is 0 Å². The first-order valence-corrected chi connectivity index (χ1v) is 3.55. The molecule has 0 aliphatic carbocycles. The largest absolute Gasteiger partial charge is 0.459 e. The third-order valence-corrected chi connectivity index (χ3v) is 1.49. The van der Waals surface area contributed by atoms with Crippen LogP contribution in [-0.2, 0) is 14.3 Å². The average molecular weight is 174 g/mol. The maximum atomic E-state index is 10.6. The number of nitrogens with one attached hydrogen (secondary N) is 1. The standard InChI is InChI=1S/C6H10N2O4/c7-8-6(10)11-3-4-1-2-5(9)12-4/h4H,1-3,7H2,(H,8,10). The van der Waals surface area contributed by atoms with Crippen molar-refractivity contribution >= 4 is 12.1 Å². The molecule has 3 N–H and O–H groups in total. The maximum Gasteiger partial charge on any atom is 0.421 e. The third kappa shape index (κ3) is 2.39. The molecule has 1 fully saturated rings. The Balaban J connectivity index is 2.16. The van der Waals surface area contributed by atoms with E-state index >= 15 is 0 Å². The van der Waals surface area contributed by atoms with Gasteiger partial charge in [0.05, 0.1) is 0 Å². The Morgan fingerprint density at radius 2 is 2.58 bits per heavy atom. The fourth-order valence-electron chi connectivity index (χ4n) is 0.910. The van der Waals surface area contributed by atoms with E-state index in [2.05, 4.69) is 4.74 Å². The van der Waals surface area contributed by atoms with E-state index in [4.69, 9.17) is 10.6 Å². The van der Waals surface area contributed by atoms with Gasteiger partial charge in [0, 0.05) is 6.42 Å². The molecule has 0 spiro atoms. The van der Waals surface area contributed by atoms with Gasteiger partial charge in [0.1, 0.15) is 12.7 Å². The van der Waals surface area contributed by atoms with E-state index in [9.17, 15) is 9.59 Å². The minimum absolute atomic E-state index is 0.0643. The Hall–Kier alpha value is -1.30. The topological polar surface area (TPSA) is 90.6 Å². The van der Waals surface area contributed by atoms with Crippen LogP contribution in [0.1, 0.15) is 12.8 Å². The number of cyclic esters (lactones) is 1. The molecule has 0 aromatic carbocycles. The minimum atomic E-state index is -0.724. The van der Waals surface area contributed by atoms with Crippen molar-refractivity contribution in [2.45, 2.75) is 18.9 Å². The highest BCUT2D eigenvalue weighted by Gasteiger charge is 2.24. The highest BCUT2D eigenvalue weighted by atomic mass is 16.6. The molecule has 6 heteroatoms. The van der Waals surface area contributed by atoms with Crippen molar-refractivity contribution < 1.29 is 19.1 Å². The van der Waals surface area contributed by atoms with Gasteiger partial charge in [0.25, 0.3) is 0 Å². The SMILES string of the molecule is NNC(=O)OCC1CCC(=O)O1. The zero-order chi connectivity index (χ0) is 8.97. The predicted molar refractivity (Wildman–Crippen MR) is 37.8 cm³/mol. The Morgan fingerprint density at radius 1 is 1.83 bits per heavy atom. The number of ether oxygens (including phenoxy) is 2.